The van der Waals surface area contributed by atoms with Crippen molar-refractivity contribution in [3.8, 4) is 5.75 Å². The van der Waals surface area contributed by atoms with Crippen molar-refractivity contribution in [1.29, 1.82) is 0 Å². The van der Waals surface area contributed by atoms with E-state index >= 15 is 0 Å². The second kappa shape index (κ2) is 7.24. The average molecular weight is 312 g/mol. The fourth-order valence-corrected chi connectivity index (χ4v) is 4.73. The molecule has 1 aliphatic heterocycles. The smallest absolute Gasteiger partial charge is 0.247 e. The van der Waals surface area contributed by atoms with E-state index < -0.39 is 10.0 Å². The number of para-hydroxylation sites is 1. The normalized spacial score (nSPS) is 20.4. The van der Waals surface area contributed by atoms with Crippen LogP contribution in [0.2, 0.25) is 0 Å². The molecule has 1 aromatic carbocycles. The van der Waals surface area contributed by atoms with Crippen molar-refractivity contribution in [2.45, 2.75) is 36.6 Å². The van der Waals surface area contributed by atoms with E-state index in [9.17, 15) is 8.42 Å². The van der Waals surface area contributed by atoms with Gasteiger partial charge in [-0.2, -0.15) is 4.31 Å². The predicted octanol–water partition coefficient (Wildman–Crippen LogP) is 1.85. The van der Waals surface area contributed by atoms with Gasteiger partial charge in [0.05, 0.1) is 7.11 Å². The zero-order valence-corrected chi connectivity index (χ0v) is 13.5. The van der Waals surface area contributed by atoms with Crippen LogP contribution in [-0.2, 0) is 10.0 Å². The van der Waals surface area contributed by atoms with Crippen LogP contribution in [0.25, 0.3) is 0 Å². The van der Waals surface area contributed by atoms with Gasteiger partial charge in [0.2, 0.25) is 10.0 Å². The Kier molecular flexibility index (Phi) is 5.61. The molecule has 1 atom stereocenters. The lowest BCUT2D eigenvalue weighted by atomic mass is 10.0. The van der Waals surface area contributed by atoms with Gasteiger partial charge in [-0.3, -0.25) is 0 Å². The van der Waals surface area contributed by atoms with E-state index in [0.717, 1.165) is 32.2 Å². The summed E-state index contributed by atoms with van der Waals surface area (Å²) >= 11 is 0. The van der Waals surface area contributed by atoms with Gasteiger partial charge in [0, 0.05) is 12.6 Å². The molecule has 1 saturated heterocycles. The number of piperidine rings is 1. The maximum absolute atomic E-state index is 13.0. The third-order valence-electron chi connectivity index (χ3n) is 3.96. The third-order valence-corrected chi connectivity index (χ3v) is 5.95. The molecule has 1 aliphatic rings. The molecule has 1 N–H and O–H groups in total. The summed E-state index contributed by atoms with van der Waals surface area (Å²) in [6, 6.07) is 6.91. The van der Waals surface area contributed by atoms with E-state index in [1.807, 2.05) is 7.05 Å². The molecule has 1 fully saturated rings. The minimum absolute atomic E-state index is 0.0705. The molecule has 118 valence electrons. The molecule has 0 radical (unpaired) electrons. The predicted molar refractivity (Wildman–Crippen MR) is 83.1 cm³/mol. The summed E-state index contributed by atoms with van der Waals surface area (Å²) in [5.41, 5.74) is 0. The number of hydrogen-bond acceptors (Lipinski definition) is 4. The van der Waals surface area contributed by atoms with Crippen LogP contribution in [0.5, 0.6) is 5.75 Å². The summed E-state index contributed by atoms with van der Waals surface area (Å²) in [4.78, 5) is 0.267. The van der Waals surface area contributed by atoms with E-state index in [-0.39, 0.29) is 10.9 Å². The molecule has 0 bridgehead atoms. The van der Waals surface area contributed by atoms with Gasteiger partial charge in [0.15, 0.2) is 0 Å². The molecule has 0 amide bonds. The molecule has 2 rings (SSSR count). The first-order chi connectivity index (χ1) is 10.1. The lowest BCUT2D eigenvalue weighted by molar-refractivity contribution is 0.239. The van der Waals surface area contributed by atoms with Crippen molar-refractivity contribution in [3.05, 3.63) is 24.3 Å². The van der Waals surface area contributed by atoms with Crippen LogP contribution in [0.1, 0.15) is 25.7 Å². The van der Waals surface area contributed by atoms with Gasteiger partial charge in [0.1, 0.15) is 10.6 Å². The minimum atomic E-state index is -3.50. The van der Waals surface area contributed by atoms with E-state index in [1.54, 1.807) is 28.6 Å². The lowest BCUT2D eigenvalue weighted by Crippen LogP contribution is -2.44. The Labute approximate surface area is 127 Å². The summed E-state index contributed by atoms with van der Waals surface area (Å²) in [5, 5.41) is 3.10. The summed E-state index contributed by atoms with van der Waals surface area (Å²) < 4.78 is 32.8. The van der Waals surface area contributed by atoms with E-state index in [2.05, 4.69) is 5.32 Å². The van der Waals surface area contributed by atoms with Gasteiger partial charge in [-0.15, -0.1) is 0 Å². The Balaban J connectivity index is 2.31. The SMILES string of the molecule is CNCCC1CCCCN1S(=O)(=O)c1ccccc1OC. The zero-order valence-electron chi connectivity index (χ0n) is 12.7. The lowest BCUT2D eigenvalue weighted by Gasteiger charge is -2.35. The molecule has 21 heavy (non-hydrogen) atoms. The molecule has 1 unspecified atom stereocenters. The molecule has 0 aliphatic carbocycles. The monoisotopic (exact) mass is 312 g/mol. The number of nitrogens with zero attached hydrogens (tertiary/aromatic N) is 1. The zero-order chi connectivity index (χ0) is 15.3. The van der Waals surface area contributed by atoms with Gasteiger partial charge in [-0.25, -0.2) is 8.42 Å². The van der Waals surface area contributed by atoms with Crippen LogP contribution in [-0.4, -0.2) is 46.0 Å². The summed E-state index contributed by atoms with van der Waals surface area (Å²) in [6.07, 6.45) is 3.78. The maximum atomic E-state index is 13.0. The Bertz CT molecular complexity index is 560. The second-order valence-corrected chi connectivity index (χ2v) is 7.17. The number of rotatable bonds is 6. The van der Waals surface area contributed by atoms with Gasteiger partial charge in [-0.1, -0.05) is 18.6 Å². The highest BCUT2D eigenvalue weighted by Gasteiger charge is 2.34. The Morgan fingerprint density at radius 3 is 2.81 bits per heavy atom. The van der Waals surface area contributed by atoms with Crippen LogP contribution < -0.4 is 10.1 Å². The molecular formula is C15H24N2O3S. The Morgan fingerprint density at radius 2 is 2.10 bits per heavy atom. The van der Waals surface area contributed by atoms with E-state index in [1.165, 1.54) is 7.11 Å². The van der Waals surface area contributed by atoms with Gasteiger partial charge in [-0.05, 0) is 45.0 Å². The highest BCUT2D eigenvalue weighted by molar-refractivity contribution is 7.89. The number of methoxy groups -OCH3 is 1. The second-order valence-electron chi connectivity index (χ2n) is 5.31. The average Bonchev–Trinajstić information content (AvgIpc) is 2.53. The molecule has 0 spiro atoms. The van der Waals surface area contributed by atoms with Crippen molar-refractivity contribution in [3.63, 3.8) is 0 Å². The van der Waals surface area contributed by atoms with Crippen molar-refractivity contribution in [2.24, 2.45) is 0 Å². The van der Waals surface area contributed by atoms with Crippen molar-refractivity contribution in [1.82, 2.24) is 9.62 Å². The number of ether oxygens (including phenoxy) is 1. The first-order valence-corrected chi connectivity index (χ1v) is 8.84. The van der Waals surface area contributed by atoms with Crippen molar-refractivity contribution < 1.29 is 13.2 Å². The quantitative estimate of drug-likeness (QED) is 0.871. The van der Waals surface area contributed by atoms with Gasteiger partial charge in [0.25, 0.3) is 0 Å². The first kappa shape index (κ1) is 16.3. The molecule has 0 aromatic heterocycles. The summed E-state index contributed by atoms with van der Waals surface area (Å²) in [6.45, 7) is 1.41. The topological polar surface area (TPSA) is 58.6 Å². The number of hydrogen-bond donors (Lipinski definition) is 1. The van der Waals surface area contributed by atoms with Crippen molar-refractivity contribution >= 4 is 10.0 Å². The van der Waals surface area contributed by atoms with E-state index in [0.29, 0.717) is 12.3 Å². The van der Waals surface area contributed by atoms with Crippen LogP contribution in [0.4, 0.5) is 0 Å². The van der Waals surface area contributed by atoms with E-state index in [4.69, 9.17) is 4.74 Å². The highest BCUT2D eigenvalue weighted by Crippen LogP contribution is 2.31. The Hall–Kier alpha value is -1.11. The van der Waals surface area contributed by atoms with Crippen LogP contribution >= 0.6 is 0 Å². The maximum Gasteiger partial charge on any atom is 0.247 e. The van der Waals surface area contributed by atoms with Crippen molar-refractivity contribution in [2.75, 3.05) is 27.2 Å². The highest BCUT2D eigenvalue weighted by atomic mass is 32.2. The third kappa shape index (κ3) is 3.56. The molecule has 6 heteroatoms. The van der Waals surface area contributed by atoms with Crippen LogP contribution in [0.3, 0.4) is 0 Å². The molecular weight excluding hydrogens is 288 g/mol. The molecule has 1 heterocycles. The standard InChI is InChI=1S/C15H24N2O3S/c1-16-11-10-13-7-5-6-12-17(13)21(18,19)15-9-4-3-8-14(15)20-2/h3-4,8-9,13,16H,5-7,10-12H2,1-2H3. The van der Waals surface area contributed by atoms with Crippen LogP contribution in [0.15, 0.2) is 29.2 Å². The molecule has 0 saturated carbocycles. The number of sulfonamides is 1. The van der Waals surface area contributed by atoms with Gasteiger partial charge >= 0.3 is 0 Å². The Morgan fingerprint density at radius 1 is 1.33 bits per heavy atom. The summed E-state index contributed by atoms with van der Waals surface area (Å²) in [5.74, 6) is 0.412. The first-order valence-electron chi connectivity index (χ1n) is 7.40. The fraction of sp³-hybridized carbons (Fsp3) is 0.600. The minimum Gasteiger partial charge on any atom is -0.495 e. The van der Waals surface area contributed by atoms with Crippen LogP contribution in [0, 0.1) is 0 Å². The number of benzene rings is 1. The number of nitrogens with one attached hydrogen (secondary N) is 1. The largest absolute Gasteiger partial charge is 0.495 e. The fourth-order valence-electron chi connectivity index (χ4n) is 2.85. The van der Waals surface area contributed by atoms with Gasteiger partial charge < -0.3 is 10.1 Å². The summed E-state index contributed by atoms with van der Waals surface area (Å²) in [7, 11) is -0.110. The molecule has 5 nitrogen and oxygen atoms in total. The molecule has 1 aromatic rings.